The highest BCUT2D eigenvalue weighted by Gasteiger charge is 2.14. The Hall–Kier alpha value is -2.50. The summed E-state index contributed by atoms with van der Waals surface area (Å²) in [6, 6.07) is 7.78. The van der Waals surface area contributed by atoms with E-state index >= 15 is 0 Å². The highest BCUT2D eigenvalue weighted by molar-refractivity contribution is 6.02. The highest BCUT2D eigenvalue weighted by Crippen LogP contribution is 2.19. The Balaban J connectivity index is 1.68. The molecule has 0 spiro atoms. The van der Waals surface area contributed by atoms with E-state index < -0.39 is 11.9 Å². The molecule has 2 aromatic heterocycles. The highest BCUT2D eigenvalue weighted by atomic mass is 19.1. The Morgan fingerprint density at radius 3 is 2.67 bits per heavy atom. The number of hydrogen-bond acceptors (Lipinski definition) is 4. The molecular weight excluding hydrogens is 271 g/mol. The van der Waals surface area contributed by atoms with Gasteiger partial charge in [0, 0.05) is 13.1 Å². The van der Waals surface area contributed by atoms with E-state index in [-0.39, 0.29) is 5.69 Å². The second-order valence-corrected chi connectivity index (χ2v) is 4.90. The van der Waals surface area contributed by atoms with Crippen molar-refractivity contribution in [2.24, 2.45) is 0 Å². The lowest BCUT2D eigenvalue weighted by molar-refractivity contribution is 0.102. The number of aromatic nitrogens is 2. The maximum atomic E-state index is 13.0. The number of amides is 1. The van der Waals surface area contributed by atoms with Gasteiger partial charge in [0.2, 0.25) is 5.95 Å². The van der Waals surface area contributed by atoms with Crippen molar-refractivity contribution in [2.45, 2.75) is 12.8 Å². The molecule has 21 heavy (non-hydrogen) atoms. The first-order valence-electron chi connectivity index (χ1n) is 6.87. The minimum atomic E-state index is -0.676. The molecule has 0 radical (unpaired) electrons. The van der Waals surface area contributed by atoms with Crippen molar-refractivity contribution in [3.8, 4) is 0 Å². The fourth-order valence-corrected chi connectivity index (χ4v) is 2.32. The Morgan fingerprint density at radius 2 is 2.00 bits per heavy atom. The summed E-state index contributed by atoms with van der Waals surface area (Å²) in [5.74, 6) is -0.218. The molecule has 1 amide bonds. The van der Waals surface area contributed by atoms with Gasteiger partial charge in [0.05, 0.1) is 11.9 Å². The van der Waals surface area contributed by atoms with Crippen LogP contribution >= 0.6 is 0 Å². The van der Waals surface area contributed by atoms with Gasteiger partial charge in [-0.25, -0.2) is 9.97 Å². The fourth-order valence-electron chi connectivity index (χ4n) is 2.32. The van der Waals surface area contributed by atoms with Gasteiger partial charge in [0.1, 0.15) is 11.5 Å². The van der Waals surface area contributed by atoms with Crippen LogP contribution in [0.2, 0.25) is 0 Å². The van der Waals surface area contributed by atoms with Crippen LogP contribution in [0.4, 0.5) is 15.9 Å². The number of nitrogens with one attached hydrogen (secondary N) is 1. The van der Waals surface area contributed by atoms with Crippen molar-refractivity contribution in [2.75, 3.05) is 23.3 Å². The van der Waals surface area contributed by atoms with Gasteiger partial charge >= 0.3 is 0 Å². The number of rotatable bonds is 3. The number of carbonyl (C=O) groups excluding carboxylic acids is 1. The van der Waals surface area contributed by atoms with E-state index in [2.05, 4.69) is 20.2 Å². The Kier molecular flexibility index (Phi) is 3.77. The van der Waals surface area contributed by atoms with Crippen LogP contribution in [0.5, 0.6) is 0 Å². The summed E-state index contributed by atoms with van der Waals surface area (Å²) in [5.41, 5.74) is 0.604. The molecule has 1 aliphatic heterocycles. The molecule has 0 atom stereocenters. The third kappa shape index (κ3) is 3.16. The number of halogens is 1. The minimum absolute atomic E-state index is 0.0404. The zero-order valence-electron chi connectivity index (χ0n) is 11.4. The number of nitrogens with zero attached hydrogens (tertiary/aromatic N) is 3. The summed E-state index contributed by atoms with van der Waals surface area (Å²) in [4.78, 5) is 22.0. The zero-order valence-corrected chi connectivity index (χ0v) is 11.4. The average molecular weight is 286 g/mol. The molecule has 1 fully saturated rings. The van der Waals surface area contributed by atoms with Crippen molar-refractivity contribution in [3.63, 3.8) is 0 Å². The summed E-state index contributed by atoms with van der Waals surface area (Å²) in [7, 11) is 0. The van der Waals surface area contributed by atoms with Crippen molar-refractivity contribution >= 4 is 17.4 Å². The monoisotopic (exact) mass is 286 g/mol. The van der Waals surface area contributed by atoms with Crippen LogP contribution in [0.15, 0.2) is 36.5 Å². The summed E-state index contributed by atoms with van der Waals surface area (Å²) in [5, 5.41) is 2.65. The second-order valence-electron chi connectivity index (χ2n) is 4.90. The van der Waals surface area contributed by atoms with Gasteiger partial charge < -0.3 is 10.2 Å². The van der Waals surface area contributed by atoms with E-state index in [0.717, 1.165) is 18.9 Å². The van der Waals surface area contributed by atoms with Gasteiger partial charge in [0.15, 0.2) is 0 Å². The molecule has 0 bridgehead atoms. The predicted octanol–water partition coefficient (Wildman–Crippen LogP) is 2.47. The third-order valence-corrected chi connectivity index (χ3v) is 3.38. The summed E-state index contributed by atoms with van der Waals surface area (Å²) >= 11 is 0. The van der Waals surface area contributed by atoms with E-state index in [1.54, 1.807) is 12.3 Å². The van der Waals surface area contributed by atoms with Crippen LogP contribution in [0.1, 0.15) is 23.3 Å². The minimum Gasteiger partial charge on any atom is -0.357 e. The first-order valence-corrected chi connectivity index (χ1v) is 6.87. The van der Waals surface area contributed by atoms with E-state index in [9.17, 15) is 9.18 Å². The van der Waals surface area contributed by atoms with E-state index in [1.165, 1.54) is 31.0 Å². The molecule has 1 saturated heterocycles. The summed E-state index contributed by atoms with van der Waals surface area (Å²) < 4.78 is 13.0. The summed E-state index contributed by atoms with van der Waals surface area (Å²) in [6.45, 7) is 2.04. The molecular formula is C15H15FN4O. The standard InChI is InChI=1S/C15H15FN4O/c16-13-5-3-4-12(19-13)15(21)18-11-6-7-14(17-10-11)20-8-1-2-9-20/h3-7,10H,1-2,8-9H2,(H,18,21). The number of anilines is 2. The Labute approximate surface area is 121 Å². The molecule has 6 heteroatoms. The molecule has 3 rings (SSSR count). The SMILES string of the molecule is O=C(Nc1ccc(N2CCCC2)nc1)c1cccc(F)n1. The molecule has 0 aliphatic carbocycles. The van der Waals surface area contributed by atoms with Crippen molar-refractivity contribution in [1.82, 2.24) is 9.97 Å². The van der Waals surface area contributed by atoms with Gasteiger partial charge in [0.25, 0.3) is 5.91 Å². The lowest BCUT2D eigenvalue weighted by Gasteiger charge is -2.16. The smallest absolute Gasteiger partial charge is 0.274 e. The second kappa shape index (κ2) is 5.87. The zero-order chi connectivity index (χ0) is 14.7. The van der Waals surface area contributed by atoms with E-state index in [1.807, 2.05) is 6.07 Å². The van der Waals surface area contributed by atoms with Gasteiger partial charge in [-0.1, -0.05) is 6.07 Å². The quantitative estimate of drug-likeness (QED) is 0.881. The van der Waals surface area contributed by atoms with Crippen molar-refractivity contribution < 1.29 is 9.18 Å². The van der Waals surface area contributed by atoms with E-state index in [4.69, 9.17) is 0 Å². The van der Waals surface area contributed by atoms with Crippen LogP contribution in [-0.2, 0) is 0 Å². The normalized spacial score (nSPS) is 14.2. The first kappa shape index (κ1) is 13.5. The largest absolute Gasteiger partial charge is 0.357 e. The van der Waals surface area contributed by atoms with Crippen molar-refractivity contribution in [3.05, 3.63) is 48.2 Å². The van der Waals surface area contributed by atoms with Crippen molar-refractivity contribution in [1.29, 1.82) is 0 Å². The van der Waals surface area contributed by atoms with Gasteiger partial charge in [-0.2, -0.15) is 4.39 Å². The Morgan fingerprint density at radius 1 is 1.19 bits per heavy atom. The molecule has 1 aliphatic rings. The predicted molar refractivity (Wildman–Crippen MR) is 77.8 cm³/mol. The van der Waals surface area contributed by atoms with Crippen LogP contribution in [0.3, 0.4) is 0 Å². The van der Waals surface area contributed by atoms with Crippen LogP contribution < -0.4 is 10.2 Å². The number of hydrogen-bond donors (Lipinski definition) is 1. The van der Waals surface area contributed by atoms with Gasteiger partial charge in [-0.15, -0.1) is 0 Å². The summed E-state index contributed by atoms with van der Waals surface area (Å²) in [6.07, 6.45) is 3.97. The maximum absolute atomic E-state index is 13.0. The topological polar surface area (TPSA) is 58.1 Å². The molecule has 0 aromatic carbocycles. The average Bonchev–Trinajstić information content (AvgIpc) is 3.02. The van der Waals surface area contributed by atoms with Gasteiger partial charge in [-0.3, -0.25) is 4.79 Å². The fraction of sp³-hybridized carbons (Fsp3) is 0.267. The van der Waals surface area contributed by atoms with Crippen LogP contribution in [0.25, 0.3) is 0 Å². The molecule has 5 nitrogen and oxygen atoms in total. The molecule has 0 unspecified atom stereocenters. The first-order chi connectivity index (χ1) is 10.2. The van der Waals surface area contributed by atoms with Crippen LogP contribution in [0, 0.1) is 5.95 Å². The molecule has 108 valence electrons. The van der Waals surface area contributed by atoms with Crippen LogP contribution in [-0.4, -0.2) is 29.0 Å². The molecule has 1 N–H and O–H groups in total. The molecule has 3 heterocycles. The Bertz CT molecular complexity index is 638. The lowest BCUT2D eigenvalue weighted by atomic mass is 10.3. The van der Waals surface area contributed by atoms with E-state index in [0.29, 0.717) is 5.69 Å². The maximum Gasteiger partial charge on any atom is 0.274 e. The lowest BCUT2D eigenvalue weighted by Crippen LogP contribution is -2.19. The third-order valence-electron chi connectivity index (χ3n) is 3.38. The number of carbonyl (C=O) groups is 1. The van der Waals surface area contributed by atoms with Gasteiger partial charge in [-0.05, 0) is 37.1 Å². The molecule has 0 saturated carbocycles. The molecule has 2 aromatic rings. The number of pyridine rings is 2.